The normalized spacial score (nSPS) is 21.0. The molecular formula is C18H12N2O2. The third kappa shape index (κ3) is 1.89. The number of amides is 1. The predicted molar refractivity (Wildman–Crippen MR) is 84.2 cm³/mol. The summed E-state index contributed by atoms with van der Waals surface area (Å²) in [6.07, 6.45) is 8.80. The summed E-state index contributed by atoms with van der Waals surface area (Å²) in [7, 11) is 0. The number of nitrogens with zero attached hydrogens (tertiary/aromatic N) is 1. The Morgan fingerprint density at radius 3 is 2.50 bits per heavy atom. The lowest BCUT2D eigenvalue weighted by Crippen LogP contribution is -2.17. The van der Waals surface area contributed by atoms with E-state index in [0.29, 0.717) is 5.70 Å². The van der Waals surface area contributed by atoms with Gasteiger partial charge in [0.05, 0.1) is 5.70 Å². The summed E-state index contributed by atoms with van der Waals surface area (Å²) in [6.45, 7) is 0. The molecule has 0 saturated heterocycles. The van der Waals surface area contributed by atoms with Crippen LogP contribution in [-0.4, -0.2) is 5.91 Å². The van der Waals surface area contributed by atoms with E-state index in [1.54, 1.807) is 0 Å². The Labute approximate surface area is 127 Å². The first-order valence-corrected chi connectivity index (χ1v) is 7.04. The second-order valence-electron chi connectivity index (χ2n) is 5.40. The number of nitroso groups, excluding NO2 is 1. The van der Waals surface area contributed by atoms with Gasteiger partial charge >= 0.3 is 0 Å². The molecule has 2 bridgehead atoms. The van der Waals surface area contributed by atoms with Gasteiger partial charge in [-0.05, 0) is 40.0 Å². The smallest absolute Gasteiger partial charge is 0.277 e. The molecule has 106 valence electrons. The van der Waals surface area contributed by atoms with E-state index in [1.807, 2.05) is 30.3 Å². The highest BCUT2D eigenvalue weighted by atomic mass is 16.3. The molecule has 0 spiro atoms. The summed E-state index contributed by atoms with van der Waals surface area (Å²) in [5, 5.41) is 5.55. The lowest BCUT2D eigenvalue weighted by Gasteiger charge is -2.13. The molecule has 0 unspecified atom stereocenters. The van der Waals surface area contributed by atoms with Crippen LogP contribution in [0.3, 0.4) is 0 Å². The van der Waals surface area contributed by atoms with Gasteiger partial charge in [-0.1, -0.05) is 48.6 Å². The Kier molecular flexibility index (Phi) is 2.76. The monoisotopic (exact) mass is 288 g/mol. The standard InChI is InChI=1S/C18H12N2O2/c21-18-16(20-22)10-15(19-18)17(12-4-2-1-3-5-12)14-9-11-6-7-13(14)8-11/h1-7,9-10H,8H2,(H,19,21). The minimum atomic E-state index is -0.449. The van der Waals surface area contributed by atoms with Gasteiger partial charge in [0.15, 0.2) is 5.70 Å². The first-order chi connectivity index (χ1) is 10.8. The molecule has 22 heavy (non-hydrogen) atoms. The molecule has 0 saturated carbocycles. The number of hydrogen-bond donors (Lipinski definition) is 1. The van der Waals surface area contributed by atoms with Gasteiger partial charge in [-0.15, -0.1) is 4.91 Å². The molecule has 1 N–H and O–H groups in total. The van der Waals surface area contributed by atoms with Gasteiger partial charge in [0, 0.05) is 5.57 Å². The molecule has 1 heterocycles. The van der Waals surface area contributed by atoms with Crippen LogP contribution < -0.4 is 5.32 Å². The molecule has 4 rings (SSSR count). The molecule has 3 aliphatic rings. The maximum atomic E-state index is 11.8. The van der Waals surface area contributed by atoms with Crippen molar-refractivity contribution in [3.05, 3.63) is 93.2 Å². The van der Waals surface area contributed by atoms with E-state index in [0.717, 1.165) is 23.1 Å². The van der Waals surface area contributed by atoms with E-state index in [1.165, 1.54) is 17.2 Å². The zero-order valence-corrected chi connectivity index (χ0v) is 11.7. The van der Waals surface area contributed by atoms with Crippen molar-refractivity contribution in [2.75, 3.05) is 0 Å². The lowest BCUT2D eigenvalue weighted by molar-refractivity contribution is -0.116. The minimum Gasteiger partial charge on any atom is -0.320 e. The number of rotatable bonds is 3. The van der Waals surface area contributed by atoms with Crippen molar-refractivity contribution in [1.82, 2.24) is 5.32 Å². The number of fused-ring (bicyclic) bond motifs is 2. The summed E-state index contributed by atoms with van der Waals surface area (Å²) >= 11 is 0. The van der Waals surface area contributed by atoms with Crippen molar-refractivity contribution in [3.63, 3.8) is 0 Å². The van der Waals surface area contributed by atoms with Gasteiger partial charge in [0.25, 0.3) is 5.91 Å². The average Bonchev–Trinajstić information content (AvgIpc) is 3.24. The van der Waals surface area contributed by atoms with Crippen LogP contribution in [0.25, 0.3) is 5.57 Å². The van der Waals surface area contributed by atoms with Gasteiger partial charge in [-0.3, -0.25) is 4.79 Å². The van der Waals surface area contributed by atoms with Gasteiger partial charge in [0.2, 0.25) is 0 Å². The van der Waals surface area contributed by atoms with E-state index < -0.39 is 5.91 Å². The number of carbonyl (C=O) groups is 1. The van der Waals surface area contributed by atoms with Gasteiger partial charge in [-0.25, -0.2) is 0 Å². The molecule has 4 nitrogen and oxygen atoms in total. The SMILES string of the molecule is O=NC1=CC(=C(C2=C3C=CC(=C2)C3)c2ccccc2)NC1=O. The molecule has 0 radical (unpaired) electrons. The second kappa shape index (κ2) is 4.77. The minimum absolute atomic E-state index is 0.0830. The molecule has 1 amide bonds. The number of allylic oxidation sites excluding steroid dienone is 8. The fraction of sp³-hybridized carbons (Fsp3) is 0.0556. The Hall–Kier alpha value is -3.01. The third-order valence-corrected chi connectivity index (χ3v) is 4.03. The second-order valence-corrected chi connectivity index (χ2v) is 5.40. The quantitative estimate of drug-likeness (QED) is 0.867. The maximum absolute atomic E-state index is 11.8. The maximum Gasteiger partial charge on any atom is 0.277 e. The van der Waals surface area contributed by atoms with Crippen LogP contribution >= 0.6 is 0 Å². The summed E-state index contributed by atoms with van der Waals surface area (Å²) in [5.41, 5.74) is 6.08. The first-order valence-electron chi connectivity index (χ1n) is 7.04. The Morgan fingerprint density at radius 1 is 1.09 bits per heavy atom. The van der Waals surface area contributed by atoms with Crippen LogP contribution in [0.4, 0.5) is 0 Å². The summed E-state index contributed by atoms with van der Waals surface area (Å²) in [4.78, 5) is 22.5. The molecule has 0 aromatic heterocycles. The summed E-state index contributed by atoms with van der Waals surface area (Å²) in [5.74, 6) is -0.449. The molecular weight excluding hydrogens is 276 g/mol. The highest BCUT2D eigenvalue weighted by Gasteiger charge is 2.27. The Balaban J connectivity index is 1.94. The van der Waals surface area contributed by atoms with Crippen LogP contribution in [0, 0.1) is 4.91 Å². The molecule has 0 atom stereocenters. The van der Waals surface area contributed by atoms with E-state index in [2.05, 4.69) is 28.7 Å². The van der Waals surface area contributed by atoms with Crippen molar-refractivity contribution >= 4 is 11.5 Å². The number of benzene rings is 1. The lowest BCUT2D eigenvalue weighted by atomic mass is 9.93. The molecule has 1 aromatic carbocycles. The van der Waals surface area contributed by atoms with E-state index >= 15 is 0 Å². The van der Waals surface area contributed by atoms with Crippen molar-refractivity contribution in [2.45, 2.75) is 6.42 Å². The van der Waals surface area contributed by atoms with E-state index in [-0.39, 0.29) is 5.70 Å². The molecule has 0 fully saturated rings. The predicted octanol–water partition coefficient (Wildman–Crippen LogP) is 3.37. The fourth-order valence-corrected chi connectivity index (χ4v) is 3.03. The third-order valence-electron chi connectivity index (χ3n) is 4.03. The van der Waals surface area contributed by atoms with Gasteiger partial charge < -0.3 is 5.32 Å². The van der Waals surface area contributed by atoms with E-state index in [9.17, 15) is 9.70 Å². The first kappa shape index (κ1) is 12.7. The summed E-state index contributed by atoms with van der Waals surface area (Å²) in [6, 6.07) is 9.85. The van der Waals surface area contributed by atoms with Crippen molar-refractivity contribution in [3.8, 4) is 0 Å². The zero-order valence-electron chi connectivity index (χ0n) is 11.7. The average molecular weight is 288 g/mol. The van der Waals surface area contributed by atoms with Crippen molar-refractivity contribution in [1.29, 1.82) is 0 Å². The fourth-order valence-electron chi connectivity index (χ4n) is 3.03. The highest BCUT2D eigenvalue weighted by Crippen LogP contribution is 2.41. The number of nitrogens with one attached hydrogen (secondary N) is 1. The summed E-state index contributed by atoms with van der Waals surface area (Å²) < 4.78 is 0. The molecule has 1 aliphatic heterocycles. The zero-order chi connectivity index (χ0) is 15.1. The number of hydrogen-bond acceptors (Lipinski definition) is 3. The van der Waals surface area contributed by atoms with Gasteiger partial charge in [0.1, 0.15) is 0 Å². The Morgan fingerprint density at radius 2 is 1.91 bits per heavy atom. The van der Waals surface area contributed by atoms with E-state index in [4.69, 9.17) is 0 Å². The van der Waals surface area contributed by atoms with Crippen LogP contribution in [0.15, 0.2) is 87.9 Å². The van der Waals surface area contributed by atoms with Crippen molar-refractivity contribution < 1.29 is 4.79 Å². The number of carbonyl (C=O) groups excluding carboxylic acids is 1. The molecule has 4 heteroatoms. The van der Waals surface area contributed by atoms with Crippen molar-refractivity contribution in [2.24, 2.45) is 5.18 Å². The highest BCUT2D eigenvalue weighted by molar-refractivity contribution is 6.02. The van der Waals surface area contributed by atoms with Crippen LogP contribution in [0.1, 0.15) is 12.0 Å². The molecule has 2 aliphatic carbocycles. The van der Waals surface area contributed by atoms with Gasteiger partial charge in [-0.2, -0.15) is 0 Å². The largest absolute Gasteiger partial charge is 0.320 e. The van der Waals surface area contributed by atoms with Crippen LogP contribution in [0.2, 0.25) is 0 Å². The van der Waals surface area contributed by atoms with Crippen LogP contribution in [-0.2, 0) is 4.79 Å². The topological polar surface area (TPSA) is 58.5 Å². The molecule has 1 aromatic rings. The van der Waals surface area contributed by atoms with Crippen LogP contribution in [0.5, 0.6) is 0 Å². The Bertz CT molecular complexity index is 852.